The van der Waals surface area contributed by atoms with Crippen molar-refractivity contribution in [3.63, 3.8) is 0 Å². The van der Waals surface area contributed by atoms with Crippen LogP contribution in [-0.2, 0) is 18.3 Å². The number of Topliss-reactive ketones (excluding diaryl/α,β-unsaturated/α-hetero) is 1. The van der Waals surface area contributed by atoms with Crippen LogP contribution < -0.4 is 21.9 Å². The van der Waals surface area contributed by atoms with E-state index in [9.17, 15) is 14.4 Å². The lowest BCUT2D eigenvalue weighted by Gasteiger charge is -2.32. The van der Waals surface area contributed by atoms with Crippen molar-refractivity contribution in [2.75, 3.05) is 25.4 Å². The second-order valence-electron chi connectivity index (χ2n) is 7.49. The minimum atomic E-state index is -0.648. The molecule has 0 amide bonds. The van der Waals surface area contributed by atoms with E-state index in [0.29, 0.717) is 13.1 Å². The summed E-state index contributed by atoms with van der Waals surface area (Å²) in [7, 11) is 1.37. The Bertz CT molecular complexity index is 970. The van der Waals surface area contributed by atoms with Crippen molar-refractivity contribution in [1.82, 2.24) is 9.13 Å². The van der Waals surface area contributed by atoms with Gasteiger partial charge in [0.25, 0.3) is 5.56 Å². The molecule has 0 unspecified atom stereocenters. The molecule has 1 aromatic carbocycles. The Labute approximate surface area is 163 Å². The summed E-state index contributed by atoms with van der Waals surface area (Å²) in [6.45, 7) is 5.63. The summed E-state index contributed by atoms with van der Waals surface area (Å²) in [5.74, 6) is -0.424. The van der Waals surface area contributed by atoms with Gasteiger partial charge in [0.2, 0.25) is 5.78 Å². The maximum Gasteiger partial charge on any atom is 0.332 e. The number of nitrogens with zero attached hydrogens (tertiary/aromatic N) is 2. The van der Waals surface area contributed by atoms with Crippen molar-refractivity contribution >= 4 is 11.6 Å². The van der Waals surface area contributed by atoms with E-state index in [1.807, 2.05) is 44.2 Å². The van der Waals surface area contributed by atoms with E-state index in [2.05, 4.69) is 0 Å². The quantitative estimate of drug-likeness (QED) is 0.645. The Balaban J connectivity index is 1.95. The van der Waals surface area contributed by atoms with Gasteiger partial charge in [0.1, 0.15) is 43.2 Å². The van der Waals surface area contributed by atoms with Crippen molar-refractivity contribution in [3.05, 3.63) is 62.3 Å². The van der Waals surface area contributed by atoms with E-state index in [0.717, 1.165) is 15.0 Å². The number of rotatable bonds is 5. The van der Waals surface area contributed by atoms with Gasteiger partial charge in [-0.2, -0.15) is 0 Å². The number of hydrogen-bond acceptors (Lipinski definition) is 5. The maximum atomic E-state index is 13.0. The zero-order valence-electron chi connectivity index (χ0n) is 16.5. The number of morpholine rings is 1. The highest BCUT2D eigenvalue weighted by molar-refractivity contribution is 6.00. The fourth-order valence-electron chi connectivity index (χ4n) is 3.81. The number of hydrogen-bond donors (Lipinski definition) is 2. The summed E-state index contributed by atoms with van der Waals surface area (Å²) in [6, 6.07) is 9.31. The standard InChI is InChI=1S/C20H26N4O4/c1-13-9-23(10-14(2)28-13)12-16(25)17-18(21)24(20(27)22(3)19(17)26)11-15-7-5-4-6-8-15/h4-8,13-14H,9-12,21H2,1-3H3/p+1/t13-,14-/m1/s1. The van der Waals surface area contributed by atoms with Gasteiger partial charge < -0.3 is 15.4 Å². The highest BCUT2D eigenvalue weighted by atomic mass is 16.5. The molecular formula is C20H27N4O4+. The molecule has 2 aromatic rings. The van der Waals surface area contributed by atoms with Crippen LogP contribution in [0, 0.1) is 0 Å². The molecule has 28 heavy (non-hydrogen) atoms. The van der Waals surface area contributed by atoms with E-state index < -0.39 is 11.2 Å². The van der Waals surface area contributed by atoms with Gasteiger partial charge in [0.05, 0.1) is 6.54 Å². The monoisotopic (exact) mass is 387 g/mol. The second-order valence-corrected chi connectivity index (χ2v) is 7.49. The number of benzene rings is 1. The second kappa shape index (κ2) is 8.12. The molecule has 0 aliphatic carbocycles. The molecule has 150 valence electrons. The molecule has 1 aliphatic heterocycles. The highest BCUT2D eigenvalue weighted by Gasteiger charge is 2.30. The van der Waals surface area contributed by atoms with Crippen LogP contribution in [0.2, 0.25) is 0 Å². The molecule has 0 saturated carbocycles. The summed E-state index contributed by atoms with van der Waals surface area (Å²) in [5.41, 5.74) is 5.71. The van der Waals surface area contributed by atoms with Crippen LogP contribution >= 0.6 is 0 Å². The summed E-state index contributed by atoms with van der Waals surface area (Å²) in [5, 5.41) is 0. The third-order valence-electron chi connectivity index (χ3n) is 5.07. The van der Waals surface area contributed by atoms with Crippen LogP contribution in [0.5, 0.6) is 0 Å². The molecule has 3 rings (SSSR count). The molecule has 2 atom stereocenters. The molecular weight excluding hydrogens is 360 g/mol. The minimum Gasteiger partial charge on any atom is -0.384 e. The van der Waals surface area contributed by atoms with E-state index in [1.165, 1.54) is 11.6 Å². The molecule has 1 aromatic heterocycles. The topological polar surface area (TPSA) is 101 Å². The van der Waals surface area contributed by atoms with E-state index in [4.69, 9.17) is 10.5 Å². The van der Waals surface area contributed by atoms with Crippen molar-refractivity contribution in [2.45, 2.75) is 32.6 Å². The van der Waals surface area contributed by atoms with Crippen molar-refractivity contribution in [3.8, 4) is 0 Å². The number of nitrogens with two attached hydrogens (primary N) is 1. The smallest absolute Gasteiger partial charge is 0.332 e. The number of quaternary nitrogens is 1. The van der Waals surface area contributed by atoms with Gasteiger partial charge in [-0.1, -0.05) is 30.3 Å². The zero-order valence-corrected chi connectivity index (χ0v) is 16.5. The molecule has 1 aliphatic rings. The predicted molar refractivity (Wildman–Crippen MR) is 106 cm³/mol. The molecule has 1 saturated heterocycles. The average Bonchev–Trinajstić information content (AvgIpc) is 2.63. The van der Waals surface area contributed by atoms with E-state index >= 15 is 0 Å². The van der Waals surface area contributed by atoms with Crippen LogP contribution in [0.15, 0.2) is 39.9 Å². The van der Waals surface area contributed by atoms with Crippen LogP contribution in [0.25, 0.3) is 0 Å². The number of ether oxygens (including phenoxy) is 1. The van der Waals surface area contributed by atoms with Gasteiger partial charge in [-0.3, -0.25) is 18.7 Å². The fraction of sp³-hybridized carbons (Fsp3) is 0.450. The first-order chi connectivity index (χ1) is 13.3. The Morgan fingerprint density at radius 3 is 2.39 bits per heavy atom. The van der Waals surface area contributed by atoms with Crippen LogP contribution in [0.3, 0.4) is 0 Å². The van der Waals surface area contributed by atoms with Crippen molar-refractivity contribution in [2.24, 2.45) is 7.05 Å². The number of carbonyl (C=O) groups is 1. The molecule has 0 bridgehead atoms. The number of aromatic nitrogens is 2. The minimum absolute atomic E-state index is 0.0405. The lowest BCUT2D eigenvalue weighted by atomic mass is 10.1. The molecule has 3 N–H and O–H groups in total. The number of carbonyl (C=O) groups excluding carboxylic acids is 1. The Kier molecular flexibility index (Phi) is 5.81. The summed E-state index contributed by atoms with van der Waals surface area (Å²) in [6.07, 6.45) is 0.0810. The first kappa shape index (κ1) is 20.0. The molecule has 1 fully saturated rings. The fourth-order valence-corrected chi connectivity index (χ4v) is 3.81. The molecule has 0 spiro atoms. The summed E-state index contributed by atoms with van der Waals surface area (Å²) in [4.78, 5) is 39.2. The Morgan fingerprint density at radius 2 is 1.79 bits per heavy atom. The van der Waals surface area contributed by atoms with Crippen molar-refractivity contribution < 1.29 is 14.4 Å². The lowest BCUT2D eigenvalue weighted by Crippen LogP contribution is -3.16. The van der Waals surface area contributed by atoms with Gasteiger partial charge in [-0.15, -0.1) is 0 Å². The molecule has 0 radical (unpaired) electrons. The number of nitrogen functional groups attached to an aromatic ring is 1. The zero-order chi connectivity index (χ0) is 20.4. The summed E-state index contributed by atoms with van der Waals surface area (Å²) >= 11 is 0. The average molecular weight is 387 g/mol. The van der Waals surface area contributed by atoms with Gasteiger partial charge in [0.15, 0.2) is 0 Å². The van der Waals surface area contributed by atoms with Gasteiger partial charge >= 0.3 is 5.69 Å². The molecule has 2 heterocycles. The largest absolute Gasteiger partial charge is 0.384 e. The molecule has 8 heteroatoms. The molecule has 8 nitrogen and oxygen atoms in total. The van der Waals surface area contributed by atoms with Crippen molar-refractivity contribution in [1.29, 1.82) is 0 Å². The number of ketones is 1. The highest BCUT2D eigenvalue weighted by Crippen LogP contribution is 2.09. The Hall–Kier alpha value is -2.71. The van der Waals surface area contributed by atoms with Gasteiger partial charge in [0, 0.05) is 7.05 Å². The normalized spacial score (nSPS) is 22.2. The van der Waals surface area contributed by atoms with E-state index in [1.54, 1.807) is 0 Å². The third kappa shape index (κ3) is 4.07. The first-order valence-electron chi connectivity index (χ1n) is 9.43. The van der Waals surface area contributed by atoms with Gasteiger partial charge in [-0.25, -0.2) is 4.79 Å². The Morgan fingerprint density at radius 1 is 1.18 bits per heavy atom. The first-order valence-corrected chi connectivity index (χ1v) is 9.43. The van der Waals surface area contributed by atoms with Crippen LogP contribution in [0.1, 0.15) is 29.8 Å². The number of anilines is 1. The van der Waals surface area contributed by atoms with Gasteiger partial charge in [-0.05, 0) is 19.4 Å². The predicted octanol–water partition coefficient (Wildman–Crippen LogP) is -0.948. The SMILES string of the molecule is C[C@@H]1C[NH+](CC(=O)c2c(N)n(Cc3ccccc3)c(=O)n(C)c2=O)C[C@@H](C)O1. The van der Waals surface area contributed by atoms with Crippen LogP contribution in [0.4, 0.5) is 5.82 Å². The number of nitrogens with one attached hydrogen (secondary N) is 1. The third-order valence-corrected chi connectivity index (χ3v) is 5.07. The van der Waals surface area contributed by atoms with E-state index in [-0.39, 0.29) is 42.5 Å². The lowest BCUT2D eigenvalue weighted by molar-refractivity contribution is -0.906. The van der Waals surface area contributed by atoms with Crippen LogP contribution in [-0.4, -0.2) is 46.8 Å². The maximum absolute atomic E-state index is 13.0. The summed E-state index contributed by atoms with van der Waals surface area (Å²) < 4.78 is 7.94.